The first-order valence-electron chi connectivity index (χ1n) is 11.3. The third-order valence-corrected chi connectivity index (χ3v) is 8.13. The molecular weight excluding hydrogens is 392 g/mol. The molecule has 4 nitrogen and oxygen atoms in total. The van der Waals surface area contributed by atoms with Crippen molar-refractivity contribution < 1.29 is 9.00 Å². The highest BCUT2D eigenvalue weighted by molar-refractivity contribution is 7.84. The van der Waals surface area contributed by atoms with Gasteiger partial charge in [-0.3, -0.25) is 13.9 Å². The minimum Gasteiger partial charge on any atom is -0.324 e. The molecule has 0 bridgehead atoms. The van der Waals surface area contributed by atoms with Crippen molar-refractivity contribution in [1.82, 2.24) is 4.90 Å². The van der Waals surface area contributed by atoms with Crippen molar-refractivity contribution in [2.75, 3.05) is 18.4 Å². The van der Waals surface area contributed by atoms with Crippen LogP contribution in [0.1, 0.15) is 62.1 Å². The number of likely N-dealkylation sites (tertiary alicyclic amines) is 1. The summed E-state index contributed by atoms with van der Waals surface area (Å²) in [6.45, 7) is 1.90. The Morgan fingerprint density at radius 3 is 2.43 bits per heavy atom. The standard InChI is InChI=1S/C25H32N2O2S/c28-25(24(27-16-7-8-17-27)21-11-3-1-4-12-21)26-22-13-9-10-20(18-22)19-30(29)23-14-5-2-6-15-23/h1,3-4,9-13,18,23-24H,2,5-8,14-17,19H2,(H,26,28). The summed E-state index contributed by atoms with van der Waals surface area (Å²) in [5.74, 6) is 0.580. The first-order chi connectivity index (χ1) is 14.7. The highest BCUT2D eigenvalue weighted by atomic mass is 32.2. The van der Waals surface area contributed by atoms with E-state index >= 15 is 0 Å². The molecule has 2 aromatic carbocycles. The Balaban J connectivity index is 1.45. The molecule has 0 radical (unpaired) electrons. The quantitative estimate of drug-likeness (QED) is 0.677. The molecular formula is C25H32N2O2S. The Bertz CT molecular complexity index is 858. The molecule has 2 atom stereocenters. The van der Waals surface area contributed by atoms with Gasteiger partial charge in [0.1, 0.15) is 6.04 Å². The van der Waals surface area contributed by atoms with E-state index in [0.717, 1.165) is 55.6 Å². The summed E-state index contributed by atoms with van der Waals surface area (Å²) in [7, 11) is -0.840. The minimum atomic E-state index is -0.840. The van der Waals surface area contributed by atoms with Gasteiger partial charge in [0.15, 0.2) is 0 Å². The van der Waals surface area contributed by atoms with E-state index in [-0.39, 0.29) is 11.9 Å². The highest BCUT2D eigenvalue weighted by Gasteiger charge is 2.29. The monoisotopic (exact) mass is 424 g/mol. The van der Waals surface area contributed by atoms with Crippen molar-refractivity contribution in [3.05, 3.63) is 65.7 Å². The van der Waals surface area contributed by atoms with Crippen molar-refractivity contribution in [3.8, 4) is 0 Å². The van der Waals surface area contributed by atoms with Gasteiger partial charge in [-0.2, -0.15) is 0 Å². The second-order valence-corrected chi connectivity index (χ2v) is 10.2. The van der Waals surface area contributed by atoms with Gasteiger partial charge >= 0.3 is 0 Å². The number of hydrogen-bond donors (Lipinski definition) is 1. The molecule has 1 aliphatic heterocycles. The summed E-state index contributed by atoms with van der Waals surface area (Å²) in [5.41, 5.74) is 2.86. The Hall–Kier alpha value is -1.98. The van der Waals surface area contributed by atoms with Gasteiger partial charge in [-0.25, -0.2) is 0 Å². The lowest BCUT2D eigenvalue weighted by Crippen LogP contribution is -2.35. The van der Waals surface area contributed by atoms with Gasteiger partial charge in [0, 0.05) is 27.5 Å². The highest BCUT2D eigenvalue weighted by Crippen LogP contribution is 2.28. The lowest BCUT2D eigenvalue weighted by Gasteiger charge is -2.27. The van der Waals surface area contributed by atoms with Crippen molar-refractivity contribution in [2.24, 2.45) is 0 Å². The predicted molar refractivity (Wildman–Crippen MR) is 124 cm³/mol. The molecule has 2 fully saturated rings. The van der Waals surface area contributed by atoms with E-state index in [1.807, 2.05) is 54.6 Å². The second kappa shape index (κ2) is 10.4. The molecule has 1 amide bonds. The number of nitrogens with one attached hydrogen (secondary N) is 1. The number of anilines is 1. The summed E-state index contributed by atoms with van der Waals surface area (Å²) in [4.78, 5) is 15.5. The normalized spacial score (nSPS) is 20.0. The smallest absolute Gasteiger partial charge is 0.246 e. The second-order valence-electron chi connectivity index (χ2n) is 8.53. The largest absolute Gasteiger partial charge is 0.324 e. The number of amides is 1. The number of nitrogens with zero attached hydrogens (tertiary/aromatic N) is 1. The minimum absolute atomic E-state index is 0.00801. The number of hydrogen-bond acceptors (Lipinski definition) is 3. The molecule has 1 aliphatic carbocycles. The van der Waals surface area contributed by atoms with E-state index in [2.05, 4.69) is 10.2 Å². The van der Waals surface area contributed by atoms with E-state index in [4.69, 9.17) is 0 Å². The zero-order chi connectivity index (χ0) is 20.8. The SMILES string of the molecule is O=C(Nc1cccc(CS(=O)C2CCCCC2)c1)C(c1ccccc1)N1CCCC1. The molecule has 0 aromatic heterocycles. The average molecular weight is 425 g/mol. The molecule has 2 unspecified atom stereocenters. The number of carbonyl (C=O) groups is 1. The number of benzene rings is 2. The molecule has 4 rings (SSSR count). The molecule has 2 aliphatic rings. The van der Waals surface area contributed by atoms with Gasteiger partial charge in [0.2, 0.25) is 5.91 Å². The summed E-state index contributed by atoms with van der Waals surface area (Å²) in [6.07, 6.45) is 8.11. The van der Waals surface area contributed by atoms with Crippen LogP contribution in [0.2, 0.25) is 0 Å². The number of carbonyl (C=O) groups excluding carboxylic acids is 1. The van der Waals surface area contributed by atoms with Crippen LogP contribution in [0.5, 0.6) is 0 Å². The van der Waals surface area contributed by atoms with Gasteiger partial charge in [-0.05, 0) is 62.0 Å². The lowest BCUT2D eigenvalue weighted by molar-refractivity contribution is -0.121. The van der Waals surface area contributed by atoms with Gasteiger partial charge in [-0.1, -0.05) is 61.7 Å². The van der Waals surface area contributed by atoms with E-state index in [9.17, 15) is 9.00 Å². The molecule has 2 aromatic rings. The summed E-state index contributed by atoms with van der Waals surface area (Å²) in [6, 6.07) is 17.7. The van der Waals surface area contributed by atoms with Crippen LogP contribution in [-0.2, 0) is 21.3 Å². The van der Waals surface area contributed by atoms with E-state index in [1.165, 1.54) is 19.3 Å². The van der Waals surface area contributed by atoms with Crippen molar-refractivity contribution in [1.29, 1.82) is 0 Å². The van der Waals surface area contributed by atoms with E-state index in [0.29, 0.717) is 11.0 Å². The summed E-state index contributed by atoms with van der Waals surface area (Å²) in [5, 5.41) is 3.46. The molecule has 1 heterocycles. The maximum Gasteiger partial charge on any atom is 0.246 e. The summed E-state index contributed by atoms with van der Waals surface area (Å²) < 4.78 is 12.8. The van der Waals surface area contributed by atoms with Crippen LogP contribution in [0.25, 0.3) is 0 Å². The Morgan fingerprint density at radius 1 is 0.967 bits per heavy atom. The van der Waals surface area contributed by atoms with Gasteiger partial charge in [0.05, 0.1) is 0 Å². The molecule has 1 saturated heterocycles. The molecule has 1 N–H and O–H groups in total. The van der Waals surface area contributed by atoms with Gasteiger partial charge in [-0.15, -0.1) is 0 Å². The predicted octanol–water partition coefficient (Wildman–Crippen LogP) is 5.04. The third-order valence-electron chi connectivity index (χ3n) is 6.30. The van der Waals surface area contributed by atoms with Crippen LogP contribution in [0.3, 0.4) is 0 Å². The lowest BCUT2D eigenvalue weighted by atomic mass is 10.0. The van der Waals surface area contributed by atoms with Crippen molar-refractivity contribution in [2.45, 2.75) is 62.0 Å². The Morgan fingerprint density at radius 2 is 1.70 bits per heavy atom. The topological polar surface area (TPSA) is 49.4 Å². The van der Waals surface area contributed by atoms with E-state index in [1.54, 1.807) is 0 Å². The van der Waals surface area contributed by atoms with Crippen molar-refractivity contribution >= 4 is 22.4 Å². The molecule has 0 spiro atoms. The average Bonchev–Trinajstić information content (AvgIpc) is 3.30. The van der Waals surface area contributed by atoms with Gasteiger partial charge < -0.3 is 5.32 Å². The van der Waals surface area contributed by atoms with E-state index < -0.39 is 10.8 Å². The molecule has 1 saturated carbocycles. The van der Waals surface area contributed by atoms with Crippen molar-refractivity contribution in [3.63, 3.8) is 0 Å². The maximum absolute atomic E-state index is 13.3. The van der Waals surface area contributed by atoms with Crippen LogP contribution in [-0.4, -0.2) is 33.4 Å². The zero-order valence-electron chi connectivity index (χ0n) is 17.6. The first-order valence-corrected chi connectivity index (χ1v) is 12.6. The summed E-state index contributed by atoms with van der Waals surface area (Å²) >= 11 is 0. The zero-order valence-corrected chi connectivity index (χ0v) is 18.4. The van der Waals surface area contributed by atoms with Crippen LogP contribution in [0.15, 0.2) is 54.6 Å². The fraction of sp³-hybridized carbons (Fsp3) is 0.480. The Kier molecular flexibility index (Phi) is 7.34. The Labute approximate surface area is 182 Å². The molecule has 5 heteroatoms. The molecule has 160 valence electrons. The fourth-order valence-electron chi connectivity index (χ4n) is 4.72. The third kappa shape index (κ3) is 5.38. The fourth-order valence-corrected chi connectivity index (χ4v) is 6.33. The first kappa shape index (κ1) is 21.3. The molecule has 30 heavy (non-hydrogen) atoms. The van der Waals surface area contributed by atoms with Crippen LogP contribution < -0.4 is 5.32 Å². The number of rotatable bonds is 7. The van der Waals surface area contributed by atoms with Crippen LogP contribution in [0, 0.1) is 0 Å². The van der Waals surface area contributed by atoms with Crippen LogP contribution >= 0.6 is 0 Å². The van der Waals surface area contributed by atoms with Crippen LogP contribution in [0.4, 0.5) is 5.69 Å². The van der Waals surface area contributed by atoms with Gasteiger partial charge in [0.25, 0.3) is 0 Å². The maximum atomic E-state index is 13.3.